The van der Waals surface area contributed by atoms with E-state index in [0.29, 0.717) is 36.3 Å². The third-order valence-corrected chi connectivity index (χ3v) is 5.06. The average Bonchev–Trinajstić information content (AvgIpc) is 3.29. The molecule has 1 saturated carbocycles. The van der Waals surface area contributed by atoms with Crippen LogP contribution in [0.15, 0.2) is 30.7 Å². The van der Waals surface area contributed by atoms with Gasteiger partial charge in [-0.05, 0) is 31.9 Å². The topological polar surface area (TPSA) is 165 Å². The third kappa shape index (κ3) is 4.15. The zero-order valence-corrected chi connectivity index (χ0v) is 17.1. The summed E-state index contributed by atoms with van der Waals surface area (Å²) in [5.74, 6) is -2.18. The van der Waals surface area contributed by atoms with Crippen LogP contribution in [0.3, 0.4) is 0 Å². The lowest BCUT2D eigenvalue weighted by Crippen LogP contribution is -2.38. The first-order valence-corrected chi connectivity index (χ1v) is 9.82. The smallest absolute Gasteiger partial charge is 0.252 e. The maximum Gasteiger partial charge on any atom is 0.252 e. The summed E-state index contributed by atoms with van der Waals surface area (Å²) in [6.07, 6.45) is 5.95. The van der Waals surface area contributed by atoms with E-state index in [4.69, 9.17) is 11.1 Å². The van der Waals surface area contributed by atoms with E-state index in [1.54, 1.807) is 13.0 Å². The summed E-state index contributed by atoms with van der Waals surface area (Å²) in [5.41, 5.74) is 6.83. The van der Waals surface area contributed by atoms with E-state index >= 15 is 0 Å². The Balaban J connectivity index is 1.68. The van der Waals surface area contributed by atoms with Crippen molar-refractivity contribution in [1.82, 2.24) is 25.0 Å². The van der Waals surface area contributed by atoms with Crippen LogP contribution in [0.25, 0.3) is 5.69 Å². The van der Waals surface area contributed by atoms with Gasteiger partial charge in [0.2, 0.25) is 0 Å². The maximum absolute atomic E-state index is 14.7. The number of nitrogens with zero attached hydrogens (tertiary/aromatic N) is 5. The highest BCUT2D eigenvalue weighted by Gasteiger charge is 2.27. The molecule has 12 heteroatoms. The van der Waals surface area contributed by atoms with E-state index in [9.17, 15) is 14.0 Å². The van der Waals surface area contributed by atoms with Crippen molar-refractivity contribution in [3.05, 3.63) is 47.8 Å². The SMILES string of the molecule is Cc1ncc(Nc2nc(NC3CCCC(=O)C3=N)c(F)cc2C(N)=O)cc1-n1nccn1. The lowest BCUT2D eigenvalue weighted by atomic mass is 9.92. The second kappa shape index (κ2) is 8.49. The Morgan fingerprint density at radius 2 is 2.03 bits per heavy atom. The van der Waals surface area contributed by atoms with Gasteiger partial charge in [0, 0.05) is 6.42 Å². The zero-order valence-electron chi connectivity index (χ0n) is 17.1. The minimum Gasteiger partial charge on any atom is -0.365 e. The number of carbonyl (C=O) groups is 2. The van der Waals surface area contributed by atoms with Gasteiger partial charge in [-0.3, -0.25) is 20.0 Å². The molecule has 0 aliphatic heterocycles. The van der Waals surface area contributed by atoms with Crippen molar-refractivity contribution >= 4 is 34.7 Å². The van der Waals surface area contributed by atoms with Crippen LogP contribution < -0.4 is 16.4 Å². The van der Waals surface area contributed by atoms with Gasteiger partial charge in [0.15, 0.2) is 17.4 Å². The van der Waals surface area contributed by atoms with Crippen LogP contribution in [-0.2, 0) is 4.79 Å². The fraction of sp³-hybridized carbons (Fsp3) is 0.250. The number of hydrogen-bond donors (Lipinski definition) is 4. The van der Waals surface area contributed by atoms with Gasteiger partial charge in [0.05, 0.1) is 47.3 Å². The molecular formula is C20H20FN9O2. The van der Waals surface area contributed by atoms with E-state index in [1.165, 1.54) is 23.4 Å². The molecule has 1 unspecified atom stereocenters. The largest absolute Gasteiger partial charge is 0.365 e. The number of nitrogens with two attached hydrogens (primary N) is 1. The molecule has 3 heterocycles. The molecule has 0 saturated heterocycles. The Hall–Kier alpha value is -4.22. The van der Waals surface area contributed by atoms with Gasteiger partial charge in [-0.1, -0.05) is 0 Å². The fourth-order valence-electron chi connectivity index (χ4n) is 3.39. The lowest BCUT2D eigenvalue weighted by Gasteiger charge is -2.24. The molecule has 1 fully saturated rings. The molecule has 0 radical (unpaired) electrons. The van der Waals surface area contributed by atoms with Crippen molar-refractivity contribution in [3.8, 4) is 5.69 Å². The van der Waals surface area contributed by atoms with Gasteiger partial charge in [0.1, 0.15) is 11.5 Å². The van der Waals surface area contributed by atoms with Crippen molar-refractivity contribution in [2.75, 3.05) is 10.6 Å². The maximum atomic E-state index is 14.7. The van der Waals surface area contributed by atoms with Crippen LogP contribution in [0.2, 0.25) is 0 Å². The first-order valence-electron chi connectivity index (χ1n) is 9.82. The van der Waals surface area contributed by atoms with Gasteiger partial charge < -0.3 is 16.4 Å². The van der Waals surface area contributed by atoms with E-state index < -0.39 is 17.8 Å². The summed E-state index contributed by atoms with van der Waals surface area (Å²) in [4.78, 5) is 33.6. The molecule has 4 rings (SSSR count). The van der Waals surface area contributed by atoms with Gasteiger partial charge in [-0.2, -0.15) is 10.2 Å². The molecule has 1 aliphatic carbocycles. The monoisotopic (exact) mass is 437 g/mol. The van der Waals surface area contributed by atoms with Crippen molar-refractivity contribution in [3.63, 3.8) is 0 Å². The first kappa shape index (κ1) is 21.0. The lowest BCUT2D eigenvalue weighted by molar-refractivity contribution is -0.113. The number of Topliss-reactive ketones (excluding diaryl/α,β-unsaturated/α-hetero) is 1. The molecule has 5 N–H and O–H groups in total. The predicted octanol–water partition coefficient (Wildman–Crippen LogP) is 1.90. The van der Waals surface area contributed by atoms with Crippen molar-refractivity contribution in [1.29, 1.82) is 5.41 Å². The second-order valence-electron chi connectivity index (χ2n) is 7.28. The van der Waals surface area contributed by atoms with E-state index in [0.717, 1.165) is 6.07 Å². The minimum atomic E-state index is -0.875. The number of anilines is 3. The summed E-state index contributed by atoms with van der Waals surface area (Å²) in [6.45, 7) is 1.79. The summed E-state index contributed by atoms with van der Waals surface area (Å²) < 4.78 is 14.7. The van der Waals surface area contributed by atoms with Crippen LogP contribution in [0.1, 0.15) is 35.3 Å². The highest BCUT2D eigenvalue weighted by atomic mass is 19.1. The number of aryl methyl sites for hydroxylation is 1. The molecule has 0 spiro atoms. The van der Waals surface area contributed by atoms with Gasteiger partial charge in [0.25, 0.3) is 5.91 Å². The molecule has 32 heavy (non-hydrogen) atoms. The molecule has 0 aromatic carbocycles. The molecule has 0 bridgehead atoms. The molecule has 1 amide bonds. The summed E-state index contributed by atoms with van der Waals surface area (Å²) >= 11 is 0. The second-order valence-corrected chi connectivity index (χ2v) is 7.28. The Kier molecular flexibility index (Phi) is 5.58. The average molecular weight is 437 g/mol. The van der Waals surface area contributed by atoms with E-state index in [1.807, 2.05) is 0 Å². The molecule has 11 nitrogen and oxygen atoms in total. The van der Waals surface area contributed by atoms with Gasteiger partial charge >= 0.3 is 0 Å². The van der Waals surface area contributed by atoms with Gasteiger partial charge in [-0.15, -0.1) is 4.80 Å². The van der Waals surface area contributed by atoms with Gasteiger partial charge in [-0.25, -0.2) is 9.37 Å². The van der Waals surface area contributed by atoms with E-state index in [2.05, 4.69) is 30.8 Å². The summed E-state index contributed by atoms with van der Waals surface area (Å²) in [6, 6.07) is 2.00. The molecule has 1 atom stereocenters. The number of carbonyl (C=O) groups excluding carboxylic acids is 2. The standard InChI is InChI=1S/C20H20FN9O2/c1-10-15(30-25-5-6-26-30)7-11(9-24-10)27-19-12(18(23)32)8-13(21)20(29-19)28-14-3-2-4-16(31)17(14)22/h5-9,14,22H,2-4H2,1H3,(H2,23,32)(H2,27,28,29). The van der Waals surface area contributed by atoms with Crippen LogP contribution in [0, 0.1) is 18.2 Å². The number of nitrogens with one attached hydrogen (secondary N) is 3. The Morgan fingerprint density at radius 1 is 1.28 bits per heavy atom. The van der Waals surface area contributed by atoms with Crippen LogP contribution in [0.4, 0.5) is 21.7 Å². The molecule has 3 aromatic rings. The Labute approximate surface area is 181 Å². The zero-order chi connectivity index (χ0) is 22.8. The molecule has 1 aliphatic rings. The number of rotatable bonds is 6. The Bertz CT molecular complexity index is 1210. The third-order valence-electron chi connectivity index (χ3n) is 5.06. The number of aromatic nitrogens is 5. The molecule has 3 aromatic heterocycles. The number of halogens is 1. The van der Waals surface area contributed by atoms with Crippen molar-refractivity contribution in [2.24, 2.45) is 5.73 Å². The summed E-state index contributed by atoms with van der Waals surface area (Å²) in [5, 5.41) is 21.9. The number of hydrogen-bond acceptors (Lipinski definition) is 9. The normalized spacial score (nSPS) is 16.1. The fourth-order valence-corrected chi connectivity index (χ4v) is 3.39. The molecular weight excluding hydrogens is 417 g/mol. The first-order chi connectivity index (χ1) is 15.3. The van der Waals surface area contributed by atoms with Crippen molar-refractivity contribution < 1.29 is 14.0 Å². The van der Waals surface area contributed by atoms with Crippen LogP contribution in [-0.4, -0.2) is 48.4 Å². The van der Waals surface area contributed by atoms with Crippen molar-refractivity contribution in [2.45, 2.75) is 32.2 Å². The number of primary amides is 1. The van der Waals surface area contributed by atoms with E-state index in [-0.39, 0.29) is 28.7 Å². The highest BCUT2D eigenvalue weighted by Crippen LogP contribution is 2.26. The number of amides is 1. The quantitative estimate of drug-likeness (QED) is 0.454. The predicted molar refractivity (Wildman–Crippen MR) is 114 cm³/mol. The number of ketones is 1. The summed E-state index contributed by atoms with van der Waals surface area (Å²) in [7, 11) is 0. The molecule has 164 valence electrons. The Morgan fingerprint density at radius 3 is 2.75 bits per heavy atom. The van der Waals surface area contributed by atoms with Crippen LogP contribution >= 0.6 is 0 Å². The number of pyridine rings is 2. The van der Waals surface area contributed by atoms with Crippen LogP contribution in [0.5, 0.6) is 0 Å². The minimum absolute atomic E-state index is 0.0000872. The highest BCUT2D eigenvalue weighted by molar-refractivity contribution is 6.41.